The normalized spacial score (nSPS) is 12.7. The van der Waals surface area contributed by atoms with E-state index in [2.05, 4.69) is 0 Å². The molecule has 1 aliphatic heterocycles. The molecule has 0 aromatic heterocycles. The van der Waals surface area contributed by atoms with Crippen LogP contribution in [0.5, 0.6) is 5.75 Å². The van der Waals surface area contributed by atoms with Crippen molar-refractivity contribution < 1.29 is 28.6 Å². The number of ether oxygens (including phenoxy) is 2. The molecule has 0 radical (unpaired) electrons. The molecular formula is C26H24FNO5. The fraction of sp³-hybridized carbons (Fsp3) is 0.231. The molecule has 0 bridgehead atoms. The molecule has 0 aliphatic carbocycles. The standard InChI is InChI=1S/C26H24FNO5/c1-32-24-10-7-18(14-25(29)30)13-21(24)19-8-9-23(27)20-11-12-28(15-22(19)20)26(31)33-16-17-5-3-2-4-6-17/h2-10,13H,11-12,14-16H2,1H3,(H,29,30). The first-order valence-corrected chi connectivity index (χ1v) is 10.6. The largest absolute Gasteiger partial charge is 0.496 e. The van der Waals surface area contributed by atoms with E-state index in [1.165, 1.54) is 13.2 Å². The van der Waals surface area contributed by atoms with E-state index in [0.717, 1.165) is 5.56 Å². The van der Waals surface area contributed by atoms with Gasteiger partial charge in [0.1, 0.15) is 18.2 Å². The zero-order valence-corrected chi connectivity index (χ0v) is 18.2. The highest BCUT2D eigenvalue weighted by Gasteiger charge is 2.27. The molecule has 0 unspecified atom stereocenters. The Hall–Kier alpha value is -3.87. The molecule has 170 valence electrons. The maximum atomic E-state index is 14.7. The van der Waals surface area contributed by atoms with Crippen molar-refractivity contribution in [3.05, 3.63) is 88.7 Å². The predicted octanol–water partition coefficient (Wildman–Crippen LogP) is 4.82. The second kappa shape index (κ2) is 9.73. The minimum absolute atomic E-state index is 0.141. The Morgan fingerprint density at radius 2 is 1.79 bits per heavy atom. The van der Waals surface area contributed by atoms with Crippen molar-refractivity contribution in [1.29, 1.82) is 0 Å². The zero-order chi connectivity index (χ0) is 23.4. The van der Waals surface area contributed by atoms with Crippen LogP contribution in [0.15, 0.2) is 60.7 Å². The van der Waals surface area contributed by atoms with Crippen LogP contribution in [-0.2, 0) is 35.5 Å². The molecule has 0 fully saturated rings. The summed E-state index contributed by atoms with van der Waals surface area (Å²) in [6.07, 6.45) is -0.253. The summed E-state index contributed by atoms with van der Waals surface area (Å²) in [7, 11) is 1.53. The third kappa shape index (κ3) is 4.98. The van der Waals surface area contributed by atoms with E-state index in [9.17, 15) is 19.1 Å². The Balaban J connectivity index is 1.64. The van der Waals surface area contributed by atoms with Gasteiger partial charge in [-0.25, -0.2) is 9.18 Å². The minimum Gasteiger partial charge on any atom is -0.496 e. The maximum absolute atomic E-state index is 14.7. The van der Waals surface area contributed by atoms with Crippen LogP contribution in [0.25, 0.3) is 11.1 Å². The number of carboxylic acids is 1. The van der Waals surface area contributed by atoms with E-state index in [4.69, 9.17) is 9.47 Å². The molecule has 1 amide bonds. The van der Waals surface area contributed by atoms with Crippen molar-refractivity contribution in [2.24, 2.45) is 0 Å². The summed E-state index contributed by atoms with van der Waals surface area (Å²) >= 11 is 0. The van der Waals surface area contributed by atoms with Crippen LogP contribution in [-0.4, -0.2) is 35.7 Å². The van der Waals surface area contributed by atoms with Gasteiger partial charge in [-0.1, -0.05) is 42.5 Å². The van der Waals surface area contributed by atoms with Crippen molar-refractivity contribution in [2.75, 3.05) is 13.7 Å². The fourth-order valence-electron chi connectivity index (χ4n) is 4.10. The van der Waals surface area contributed by atoms with E-state index in [0.29, 0.717) is 46.5 Å². The number of fused-ring (bicyclic) bond motifs is 1. The smallest absolute Gasteiger partial charge is 0.410 e. The molecule has 0 saturated carbocycles. The summed E-state index contributed by atoms with van der Waals surface area (Å²) in [4.78, 5) is 25.5. The number of nitrogens with zero attached hydrogens (tertiary/aromatic N) is 1. The number of aliphatic carboxylic acids is 1. The Labute approximate surface area is 191 Å². The first-order chi connectivity index (χ1) is 16.0. The van der Waals surface area contributed by atoms with Crippen LogP contribution in [0.2, 0.25) is 0 Å². The van der Waals surface area contributed by atoms with Crippen molar-refractivity contribution in [3.8, 4) is 16.9 Å². The van der Waals surface area contributed by atoms with Crippen molar-refractivity contribution >= 4 is 12.1 Å². The molecule has 0 atom stereocenters. The van der Waals surface area contributed by atoms with Crippen molar-refractivity contribution in [2.45, 2.75) is 26.0 Å². The highest BCUT2D eigenvalue weighted by atomic mass is 19.1. The van der Waals surface area contributed by atoms with Gasteiger partial charge in [-0.05, 0) is 52.4 Å². The van der Waals surface area contributed by atoms with E-state index in [-0.39, 0.29) is 25.4 Å². The Kier molecular flexibility index (Phi) is 6.58. The number of carboxylic acid groups (broad SMARTS) is 1. The fourth-order valence-corrected chi connectivity index (χ4v) is 4.10. The Morgan fingerprint density at radius 3 is 2.52 bits per heavy atom. The molecule has 0 spiro atoms. The van der Waals surface area contributed by atoms with Crippen molar-refractivity contribution in [1.82, 2.24) is 4.90 Å². The van der Waals surface area contributed by atoms with Gasteiger partial charge in [-0.2, -0.15) is 0 Å². The molecule has 33 heavy (non-hydrogen) atoms. The van der Waals surface area contributed by atoms with Gasteiger partial charge >= 0.3 is 12.1 Å². The van der Waals surface area contributed by atoms with E-state index < -0.39 is 12.1 Å². The summed E-state index contributed by atoms with van der Waals surface area (Å²) in [5, 5.41) is 9.17. The van der Waals surface area contributed by atoms with Gasteiger partial charge in [0.2, 0.25) is 0 Å². The van der Waals surface area contributed by atoms with Gasteiger partial charge in [0.25, 0.3) is 0 Å². The van der Waals surface area contributed by atoms with Crippen LogP contribution in [0.1, 0.15) is 22.3 Å². The van der Waals surface area contributed by atoms with Crippen LogP contribution in [0.4, 0.5) is 9.18 Å². The quantitative estimate of drug-likeness (QED) is 0.584. The minimum atomic E-state index is -0.945. The van der Waals surface area contributed by atoms with Gasteiger partial charge < -0.3 is 19.5 Å². The Morgan fingerprint density at radius 1 is 1.00 bits per heavy atom. The number of rotatable bonds is 6. The molecule has 7 heteroatoms. The van der Waals surface area contributed by atoms with Crippen LogP contribution < -0.4 is 4.74 Å². The summed E-state index contributed by atoms with van der Waals surface area (Å²) in [5.74, 6) is -0.729. The SMILES string of the molecule is COc1ccc(CC(=O)O)cc1-c1ccc(F)c2c1CN(C(=O)OCc1ccccc1)CC2. The monoisotopic (exact) mass is 449 g/mol. The molecule has 3 aromatic rings. The molecule has 1 aliphatic rings. The second-order valence-electron chi connectivity index (χ2n) is 7.87. The number of hydrogen-bond donors (Lipinski definition) is 1. The number of hydrogen-bond acceptors (Lipinski definition) is 4. The molecule has 0 saturated heterocycles. The molecule has 6 nitrogen and oxygen atoms in total. The molecule has 1 heterocycles. The Bertz CT molecular complexity index is 1180. The molecular weight excluding hydrogens is 425 g/mol. The number of amides is 1. The number of halogens is 1. The van der Waals surface area contributed by atoms with E-state index in [1.54, 1.807) is 29.2 Å². The van der Waals surface area contributed by atoms with Gasteiger partial charge in [0.15, 0.2) is 0 Å². The number of carbonyl (C=O) groups is 2. The second-order valence-corrected chi connectivity index (χ2v) is 7.87. The van der Waals surface area contributed by atoms with E-state index in [1.807, 2.05) is 30.3 Å². The lowest BCUT2D eigenvalue weighted by Gasteiger charge is -2.30. The zero-order valence-electron chi connectivity index (χ0n) is 18.2. The lowest BCUT2D eigenvalue weighted by Crippen LogP contribution is -2.37. The summed E-state index contributed by atoms with van der Waals surface area (Å²) in [6, 6.07) is 17.6. The summed E-state index contributed by atoms with van der Waals surface area (Å²) < 4.78 is 25.6. The first-order valence-electron chi connectivity index (χ1n) is 10.6. The van der Waals surface area contributed by atoms with Gasteiger partial charge in [-0.3, -0.25) is 4.79 Å². The average molecular weight is 449 g/mol. The summed E-state index contributed by atoms with van der Waals surface area (Å²) in [6.45, 7) is 0.684. The van der Waals surface area contributed by atoms with Crippen LogP contribution in [0, 0.1) is 5.82 Å². The van der Waals surface area contributed by atoms with E-state index >= 15 is 0 Å². The number of carbonyl (C=O) groups excluding carboxylic acids is 1. The van der Waals surface area contributed by atoms with Crippen LogP contribution in [0.3, 0.4) is 0 Å². The highest BCUT2D eigenvalue weighted by Crippen LogP contribution is 2.38. The predicted molar refractivity (Wildman–Crippen MR) is 120 cm³/mol. The third-order valence-corrected chi connectivity index (χ3v) is 5.73. The van der Waals surface area contributed by atoms with Gasteiger partial charge in [-0.15, -0.1) is 0 Å². The summed E-state index contributed by atoms with van der Waals surface area (Å²) in [5.41, 5.74) is 4.07. The van der Waals surface area contributed by atoms with Crippen LogP contribution >= 0.6 is 0 Å². The van der Waals surface area contributed by atoms with Crippen molar-refractivity contribution in [3.63, 3.8) is 0 Å². The first kappa shape index (κ1) is 22.3. The number of methoxy groups -OCH3 is 1. The van der Waals surface area contributed by atoms with Gasteiger partial charge in [0, 0.05) is 18.7 Å². The number of benzene rings is 3. The lowest BCUT2D eigenvalue weighted by molar-refractivity contribution is -0.136. The maximum Gasteiger partial charge on any atom is 0.410 e. The topological polar surface area (TPSA) is 76.1 Å². The average Bonchev–Trinajstić information content (AvgIpc) is 2.83. The molecule has 1 N–H and O–H groups in total. The molecule has 3 aromatic carbocycles. The van der Waals surface area contributed by atoms with Gasteiger partial charge in [0.05, 0.1) is 13.5 Å². The molecule has 4 rings (SSSR count). The third-order valence-electron chi connectivity index (χ3n) is 5.73. The highest BCUT2D eigenvalue weighted by molar-refractivity contribution is 5.78. The lowest BCUT2D eigenvalue weighted by atomic mass is 9.89.